The zero-order valence-corrected chi connectivity index (χ0v) is 13.6. The van der Waals surface area contributed by atoms with E-state index in [1.807, 2.05) is 35.6 Å². The average Bonchev–Trinajstić information content (AvgIpc) is 2.95. The molecule has 21 heavy (non-hydrogen) atoms. The molecule has 2 aromatic rings. The van der Waals surface area contributed by atoms with Gasteiger partial charge in [0, 0.05) is 24.5 Å². The molecule has 3 rings (SSSR count). The molecule has 0 fully saturated rings. The molecule has 0 radical (unpaired) electrons. The van der Waals surface area contributed by atoms with Gasteiger partial charge in [0.2, 0.25) is 0 Å². The number of ether oxygens (including phenoxy) is 1. The lowest BCUT2D eigenvalue weighted by Crippen LogP contribution is -2.33. The van der Waals surface area contributed by atoms with Crippen LogP contribution in [-0.4, -0.2) is 30.2 Å². The Morgan fingerprint density at radius 2 is 2.24 bits per heavy atom. The van der Waals surface area contributed by atoms with Gasteiger partial charge in [0.1, 0.15) is 5.75 Å². The number of halogens is 1. The van der Waals surface area contributed by atoms with Crippen LogP contribution in [0.15, 0.2) is 35.7 Å². The smallest absolute Gasteiger partial charge is 0.119 e. The van der Waals surface area contributed by atoms with Crippen molar-refractivity contribution in [3.8, 4) is 5.75 Å². The normalized spacial score (nSPS) is 15.9. The number of thiophene rings is 1. The summed E-state index contributed by atoms with van der Waals surface area (Å²) in [6.07, 6.45) is 0.628. The van der Waals surface area contributed by atoms with E-state index in [0.29, 0.717) is 6.54 Å². The molecule has 0 aliphatic carbocycles. The first-order valence-corrected chi connectivity index (χ1v) is 7.74. The zero-order valence-electron chi connectivity index (χ0n) is 12.0. The molecule has 0 bridgehead atoms. The van der Waals surface area contributed by atoms with Crippen molar-refractivity contribution < 1.29 is 9.84 Å². The van der Waals surface area contributed by atoms with Crippen LogP contribution in [0.3, 0.4) is 0 Å². The minimum absolute atomic E-state index is 0. The number of β-amino-alcohol motifs (C(OH)–C–C–N with tert-alkyl or cyclic N) is 1. The van der Waals surface area contributed by atoms with Crippen LogP contribution in [0.4, 0.5) is 0 Å². The quantitative estimate of drug-likeness (QED) is 0.936. The largest absolute Gasteiger partial charge is 0.497 e. The van der Waals surface area contributed by atoms with Crippen molar-refractivity contribution in [2.45, 2.75) is 19.1 Å². The maximum Gasteiger partial charge on any atom is 0.119 e. The molecule has 1 aromatic carbocycles. The van der Waals surface area contributed by atoms with Crippen LogP contribution in [0.25, 0.3) is 0 Å². The van der Waals surface area contributed by atoms with Gasteiger partial charge in [-0.1, -0.05) is 12.1 Å². The number of aliphatic hydroxyl groups excluding tert-OH is 1. The van der Waals surface area contributed by atoms with Crippen LogP contribution in [-0.2, 0) is 13.0 Å². The van der Waals surface area contributed by atoms with Crippen molar-refractivity contribution >= 4 is 23.7 Å². The van der Waals surface area contributed by atoms with Crippen molar-refractivity contribution in [1.82, 2.24) is 4.90 Å². The lowest BCUT2D eigenvalue weighted by Gasteiger charge is -2.28. The van der Waals surface area contributed by atoms with Crippen LogP contribution in [0.2, 0.25) is 0 Å². The first-order chi connectivity index (χ1) is 9.76. The third-order valence-corrected chi connectivity index (χ3v) is 4.82. The standard InChI is InChI=1S/C16H19NO2S.ClH/c1-19-14-4-2-3-12(9-14)15(18)11-17-7-5-16-13(10-17)6-8-20-16;/h2-4,6,8-9,15,18H,5,7,10-11H2,1H3;1H. The van der Waals surface area contributed by atoms with Crippen LogP contribution in [0.5, 0.6) is 5.75 Å². The van der Waals surface area contributed by atoms with Gasteiger partial charge in [-0.25, -0.2) is 0 Å². The van der Waals surface area contributed by atoms with Crippen molar-refractivity contribution in [3.63, 3.8) is 0 Å². The lowest BCUT2D eigenvalue weighted by molar-refractivity contribution is 0.106. The molecule has 1 unspecified atom stereocenters. The predicted molar refractivity (Wildman–Crippen MR) is 88.5 cm³/mol. The van der Waals surface area contributed by atoms with Gasteiger partial charge in [-0.2, -0.15) is 0 Å². The molecule has 0 saturated carbocycles. The van der Waals surface area contributed by atoms with E-state index in [0.717, 1.165) is 30.8 Å². The molecule has 1 aliphatic rings. The molecule has 5 heteroatoms. The van der Waals surface area contributed by atoms with E-state index in [1.165, 1.54) is 10.4 Å². The summed E-state index contributed by atoms with van der Waals surface area (Å²) < 4.78 is 5.21. The summed E-state index contributed by atoms with van der Waals surface area (Å²) >= 11 is 1.84. The first kappa shape index (κ1) is 16.3. The van der Waals surface area contributed by atoms with Gasteiger partial charge in [-0.05, 0) is 41.1 Å². The Morgan fingerprint density at radius 1 is 1.38 bits per heavy atom. The Labute approximate surface area is 135 Å². The van der Waals surface area contributed by atoms with E-state index in [2.05, 4.69) is 16.3 Å². The third kappa shape index (κ3) is 3.77. The van der Waals surface area contributed by atoms with E-state index in [4.69, 9.17) is 4.74 Å². The molecule has 0 amide bonds. The Kier molecular flexibility index (Phi) is 5.65. The number of fused-ring (bicyclic) bond motifs is 1. The summed E-state index contributed by atoms with van der Waals surface area (Å²) in [5.41, 5.74) is 2.33. The molecular formula is C16H20ClNO2S. The molecule has 1 aromatic heterocycles. The molecular weight excluding hydrogens is 306 g/mol. The van der Waals surface area contributed by atoms with E-state index in [-0.39, 0.29) is 12.4 Å². The number of hydrogen-bond donors (Lipinski definition) is 1. The van der Waals surface area contributed by atoms with Crippen LogP contribution >= 0.6 is 23.7 Å². The monoisotopic (exact) mass is 325 g/mol. The highest BCUT2D eigenvalue weighted by Gasteiger charge is 2.20. The average molecular weight is 326 g/mol. The fourth-order valence-corrected chi connectivity index (χ4v) is 3.55. The van der Waals surface area contributed by atoms with Crippen molar-refractivity contribution in [2.75, 3.05) is 20.2 Å². The second-order valence-electron chi connectivity index (χ2n) is 5.15. The zero-order chi connectivity index (χ0) is 13.9. The Morgan fingerprint density at radius 3 is 3.05 bits per heavy atom. The topological polar surface area (TPSA) is 32.7 Å². The summed E-state index contributed by atoms with van der Waals surface area (Å²) in [5, 5.41) is 12.6. The molecule has 0 saturated heterocycles. The number of hydrogen-bond acceptors (Lipinski definition) is 4. The maximum absolute atomic E-state index is 10.4. The summed E-state index contributed by atoms with van der Waals surface area (Å²) in [5.74, 6) is 0.792. The highest BCUT2D eigenvalue weighted by molar-refractivity contribution is 7.10. The van der Waals surface area contributed by atoms with Crippen LogP contribution in [0.1, 0.15) is 22.1 Å². The van der Waals surface area contributed by atoms with Gasteiger partial charge in [0.25, 0.3) is 0 Å². The molecule has 1 N–H and O–H groups in total. The maximum atomic E-state index is 10.4. The minimum atomic E-state index is -0.467. The highest BCUT2D eigenvalue weighted by Crippen LogP contribution is 2.26. The SMILES string of the molecule is COc1cccc(C(O)CN2CCc3sccc3C2)c1.Cl. The summed E-state index contributed by atoms with van der Waals surface area (Å²) in [6, 6.07) is 9.88. The summed E-state index contributed by atoms with van der Waals surface area (Å²) in [4.78, 5) is 3.82. The number of aliphatic hydroxyl groups is 1. The number of methoxy groups -OCH3 is 1. The molecule has 1 aliphatic heterocycles. The van der Waals surface area contributed by atoms with Gasteiger partial charge < -0.3 is 9.84 Å². The number of nitrogens with zero attached hydrogens (tertiary/aromatic N) is 1. The Hall–Kier alpha value is -1.07. The minimum Gasteiger partial charge on any atom is -0.497 e. The molecule has 1 atom stereocenters. The summed E-state index contributed by atoms with van der Waals surface area (Å²) in [6.45, 7) is 2.64. The van der Waals surface area contributed by atoms with Gasteiger partial charge in [-0.3, -0.25) is 4.90 Å². The van der Waals surface area contributed by atoms with E-state index < -0.39 is 6.10 Å². The fourth-order valence-electron chi connectivity index (χ4n) is 2.66. The predicted octanol–water partition coefficient (Wildman–Crippen LogP) is 3.27. The highest BCUT2D eigenvalue weighted by atomic mass is 35.5. The Bertz CT molecular complexity index is 587. The van der Waals surface area contributed by atoms with Crippen molar-refractivity contribution in [1.29, 1.82) is 0 Å². The molecule has 114 valence electrons. The van der Waals surface area contributed by atoms with Gasteiger partial charge in [-0.15, -0.1) is 23.7 Å². The summed E-state index contributed by atoms with van der Waals surface area (Å²) in [7, 11) is 1.65. The van der Waals surface area contributed by atoms with E-state index >= 15 is 0 Å². The van der Waals surface area contributed by atoms with E-state index in [1.54, 1.807) is 7.11 Å². The van der Waals surface area contributed by atoms with Gasteiger partial charge in [0.05, 0.1) is 13.2 Å². The van der Waals surface area contributed by atoms with Crippen molar-refractivity contribution in [2.24, 2.45) is 0 Å². The number of benzene rings is 1. The third-order valence-electron chi connectivity index (χ3n) is 3.80. The van der Waals surface area contributed by atoms with Crippen LogP contribution in [0, 0.1) is 0 Å². The molecule has 3 nitrogen and oxygen atoms in total. The second-order valence-corrected chi connectivity index (χ2v) is 6.15. The van der Waals surface area contributed by atoms with Gasteiger partial charge >= 0.3 is 0 Å². The van der Waals surface area contributed by atoms with E-state index in [9.17, 15) is 5.11 Å². The molecule has 0 spiro atoms. The first-order valence-electron chi connectivity index (χ1n) is 6.86. The van der Waals surface area contributed by atoms with Crippen molar-refractivity contribution in [3.05, 3.63) is 51.7 Å². The fraction of sp³-hybridized carbons (Fsp3) is 0.375. The number of rotatable bonds is 4. The second kappa shape index (κ2) is 7.27. The molecule has 2 heterocycles. The lowest BCUT2D eigenvalue weighted by atomic mass is 10.1. The van der Waals surface area contributed by atoms with Gasteiger partial charge in [0.15, 0.2) is 0 Å². The Balaban J connectivity index is 0.00000161. The van der Waals surface area contributed by atoms with Crippen LogP contribution < -0.4 is 4.74 Å².